The lowest BCUT2D eigenvalue weighted by Crippen LogP contribution is -2.48. The summed E-state index contributed by atoms with van der Waals surface area (Å²) in [5.74, 6) is -2.13. The van der Waals surface area contributed by atoms with E-state index in [4.69, 9.17) is 0 Å². The van der Waals surface area contributed by atoms with Crippen LogP contribution in [0.25, 0.3) is 10.8 Å². The van der Waals surface area contributed by atoms with Crippen LogP contribution in [-0.2, 0) is 15.1 Å². The van der Waals surface area contributed by atoms with Gasteiger partial charge in [0.2, 0.25) is 0 Å². The molecule has 1 aliphatic heterocycles. The van der Waals surface area contributed by atoms with Crippen molar-refractivity contribution in [2.75, 3.05) is 6.54 Å². The van der Waals surface area contributed by atoms with E-state index in [0.29, 0.717) is 16.3 Å². The van der Waals surface area contributed by atoms with Gasteiger partial charge in [-0.05, 0) is 39.3 Å². The van der Waals surface area contributed by atoms with Crippen molar-refractivity contribution in [3.05, 3.63) is 75.7 Å². The van der Waals surface area contributed by atoms with Gasteiger partial charge in [-0.1, -0.05) is 48.0 Å². The molecule has 3 aromatic rings. The summed E-state index contributed by atoms with van der Waals surface area (Å²) in [6, 6.07) is 12.6. The molecule has 0 aliphatic carbocycles. The fraction of sp³-hybridized carbons (Fsp3) is 0.280. The lowest BCUT2D eigenvalue weighted by Gasteiger charge is -2.22. The summed E-state index contributed by atoms with van der Waals surface area (Å²) in [7, 11) is 0. The van der Waals surface area contributed by atoms with E-state index in [1.54, 1.807) is 57.2 Å². The fourth-order valence-electron chi connectivity index (χ4n) is 4.02. The number of aryl methyl sites for hydroxylation is 1. The minimum Gasteiger partial charge on any atom is -0.319 e. The summed E-state index contributed by atoms with van der Waals surface area (Å²) in [5, 5.41) is 7.45. The Morgan fingerprint density at radius 1 is 1.00 bits per heavy atom. The molecule has 1 saturated heterocycles. The molecule has 186 valence electrons. The molecule has 0 saturated carbocycles. The first-order chi connectivity index (χ1) is 17.0. The third kappa shape index (κ3) is 4.30. The Morgan fingerprint density at radius 2 is 1.64 bits per heavy atom. The predicted molar refractivity (Wildman–Crippen MR) is 131 cm³/mol. The second-order valence-electron chi connectivity index (χ2n) is 9.05. The maximum atomic E-state index is 13.0. The Morgan fingerprint density at radius 3 is 2.28 bits per heavy atom. The van der Waals surface area contributed by atoms with Crippen LogP contribution in [0.15, 0.2) is 53.3 Å². The molecule has 1 atom stereocenters. The van der Waals surface area contributed by atoms with Crippen molar-refractivity contribution >= 4 is 34.5 Å². The number of hydrogen-bond donors (Lipinski definition) is 3. The van der Waals surface area contributed by atoms with Gasteiger partial charge in [0, 0.05) is 5.39 Å². The predicted octanol–water partition coefficient (Wildman–Crippen LogP) is 1.51. The van der Waals surface area contributed by atoms with Crippen molar-refractivity contribution in [1.29, 1.82) is 0 Å². The number of urea groups is 1. The lowest BCUT2D eigenvalue weighted by molar-refractivity contribution is -0.135. The molecule has 0 bridgehead atoms. The third-order valence-corrected chi connectivity index (χ3v) is 6.05. The molecule has 36 heavy (non-hydrogen) atoms. The van der Waals surface area contributed by atoms with Gasteiger partial charge in [-0.2, -0.15) is 5.10 Å². The molecule has 2 aromatic carbocycles. The van der Waals surface area contributed by atoms with E-state index >= 15 is 0 Å². The minimum absolute atomic E-state index is 0.0545. The Kier molecular flexibility index (Phi) is 6.32. The zero-order valence-corrected chi connectivity index (χ0v) is 20.3. The minimum atomic E-state index is -1.32. The topological polar surface area (TPSA) is 142 Å². The van der Waals surface area contributed by atoms with Crippen molar-refractivity contribution in [3.63, 3.8) is 0 Å². The fourth-order valence-corrected chi connectivity index (χ4v) is 4.02. The second kappa shape index (κ2) is 9.25. The van der Waals surface area contributed by atoms with Gasteiger partial charge in [0.05, 0.1) is 11.4 Å². The number of nitrogens with one attached hydrogen (secondary N) is 3. The average Bonchev–Trinajstić information content (AvgIpc) is 3.06. The summed E-state index contributed by atoms with van der Waals surface area (Å²) in [4.78, 5) is 64.4. The normalized spacial score (nSPS) is 17.4. The highest BCUT2D eigenvalue weighted by atomic mass is 16.2. The number of benzene rings is 2. The van der Waals surface area contributed by atoms with Crippen LogP contribution in [0.3, 0.4) is 0 Å². The molecule has 1 unspecified atom stereocenters. The van der Waals surface area contributed by atoms with Crippen LogP contribution in [0.5, 0.6) is 0 Å². The lowest BCUT2D eigenvalue weighted by atomic mass is 9.91. The van der Waals surface area contributed by atoms with E-state index < -0.39 is 35.8 Å². The molecule has 11 heteroatoms. The van der Waals surface area contributed by atoms with Crippen LogP contribution in [-0.4, -0.2) is 45.0 Å². The Balaban J connectivity index is 1.48. The number of hydrazine groups is 1. The maximum absolute atomic E-state index is 13.0. The van der Waals surface area contributed by atoms with Crippen molar-refractivity contribution in [3.8, 4) is 0 Å². The largest absolute Gasteiger partial charge is 0.325 e. The molecule has 1 fully saturated rings. The number of amides is 5. The number of imide groups is 1. The van der Waals surface area contributed by atoms with Crippen molar-refractivity contribution < 1.29 is 19.2 Å². The summed E-state index contributed by atoms with van der Waals surface area (Å²) in [6.07, 6.45) is 0. The molecule has 0 spiro atoms. The third-order valence-electron chi connectivity index (χ3n) is 6.05. The molecule has 3 N–H and O–H groups in total. The van der Waals surface area contributed by atoms with Crippen LogP contribution in [0.2, 0.25) is 0 Å². The summed E-state index contributed by atoms with van der Waals surface area (Å²) >= 11 is 0. The first-order valence-corrected chi connectivity index (χ1v) is 11.3. The molecule has 1 aromatic heterocycles. The molecule has 2 heterocycles. The number of carbonyl (C=O) groups is 4. The molecule has 5 amide bonds. The van der Waals surface area contributed by atoms with Crippen molar-refractivity contribution in [2.45, 2.75) is 39.3 Å². The molecule has 4 rings (SSSR count). The number of hydrogen-bond acceptors (Lipinski definition) is 6. The van der Waals surface area contributed by atoms with Crippen LogP contribution >= 0.6 is 0 Å². The molecule has 11 nitrogen and oxygen atoms in total. The van der Waals surface area contributed by atoms with Gasteiger partial charge in [-0.25, -0.2) is 9.48 Å². The Labute approximate surface area is 206 Å². The SMILES string of the molecule is Cc1ccc(C2(C)NC(=O)N(CC(=O)NNC(=O)c3nn(C(C)C)c(=O)c4ccccc34)C2=O)cc1. The summed E-state index contributed by atoms with van der Waals surface area (Å²) in [5.41, 5.74) is 4.34. The van der Waals surface area contributed by atoms with Gasteiger partial charge in [0.1, 0.15) is 12.1 Å². The van der Waals surface area contributed by atoms with E-state index in [1.165, 1.54) is 4.68 Å². The standard InChI is InChI=1S/C25H26N6O5/c1-14(2)31-22(34)18-8-6-5-7-17(18)20(29-31)21(33)28-27-19(32)13-30-23(35)25(4,26-24(30)36)16-11-9-15(3)10-12-16/h5-12,14H,13H2,1-4H3,(H,26,36)(H,27,32)(H,28,33). The second-order valence-corrected chi connectivity index (χ2v) is 9.05. The van der Waals surface area contributed by atoms with E-state index in [9.17, 15) is 24.0 Å². The molecular formula is C25H26N6O5. The van der Waals surface area contributed by atoms with Crippen LogP contribution in [0.1, 0.15) is 48.4 Å². The molecule has 1 aliphatic rings. The van der Waals surface area contributed by atoms with Gasteiger partial charge in [-0.15, -0.1) is 0 Å². The maximum Gasteiger partial charge on any atom is 0.325 e. The number of carbonyl (C=O) groups excluding carboxylic acids is 4. The van der Waals surface area contributed by atoms with Crippen LogP contribution in [0, 0.1) is 6.92 Å². The highest BCUT2D eigenvalue weighted by molar-refractivity contribution is 6.09. The van der Waals surface area contributed by atoms with E-state index in [2.05, 4.69) is 21.3 Å². The van der Waals surface area contributed by atoms with Crippen LogP contribution < -0.4 is 21.7 Å². The van der Waals surface area contributed by atoms with E-state index in [0.717, 1.165) is 10.5 Å². The first kappa shape index (κ1) is 24.6. The summed E-state index contributed by atoms with van der Waals surface area (Å²) < 4.78 is 1.19. The zero-order valence-electron chi connectivity index (χ0n) is 20.3. The van der Waals surface area contributed by atoms with Gasteiger partial charge < -0.3 is 5.32 Å². The van der Waals surface area contributed by atoms with Gasteiger partial charge in [0.25, 0.3) is 23.3 Å². The van der Waals surface area contributed by atoms with Gasteiger partial charge in [-0.3, -0.25) is 34.9 Å². The number of rotatable bonds is 5. The highest BCUT2D eigenvalue weighted by Gasteiger charge is 2.49. The summed E-state index contributed by atoms with van der Waals surface area (Å²) in [6.45, 7) is 6.39. The van der Waals surface area contributed by atoms with E-state index in [-0.39, 0.29) is 17.3 Å². The van der Waals surface area contributed by atoms with E-state index in [1.807, 2.05) is 19.1 Å². The number of nitrogens with zero attached hydrogens (tertiary/aromatic N) is 3. The van der Waals surface area contributed by atoms with Crippen LogP contribution in [0.4, 0.5) is 4.79 Å². The van der Waals surface area contributed by atoms with Gasteiger partial charge >= 0.3 is 6.03 Å². The van der Waals surface area contributed by atoms with Crippen molar-refractivity contribution in [2.24, 2.45) is 0 Å². The van der Waals surface area contributed by atoms with Crippen molar-refractivity contribution in [1.82, 2.24) is 30.8 Å². The first-order valence-electron chi connectivity index (χ1n) is 11.3. The zero-order chi connectivity index (χ0) is 26.2. The average molecular weight is 491 g/mol. The Bertz CT molecular complexity index is 1450. The quantitative estimate of drug-likeness (QED) is 0.366. The Hall–Kier alpha value is -4.54. The molecule has 0 radical (unpaired) electrons. The smallest absolute Gasteiger partial charge is 0.319 e. The highest BCUT2D eigenvalue weighted by Crippen LogP contribution is 2.28. The molecular weight excluding hydrogens is 464 g/mol. The number of aromatic nitrogens is 2. The monoisotopic (exact) mass is 490 g/mol. The number of fused-ring (bicyclic) bond motifs is 1. The van der Waals surface area contributed by atoms with Gasteiger partial charge in [0.15, 0.2) is 5.69 Å².